The fraction of sp³-hybridized carbons (Fsp3) is 0.417. The summed E-state index contributed by atoms with van der Waals surface area (Å²) in [6, 6.07) is 3.82. The summed E-state index contributed by atoms with van der Waals surface area (Å²) in [6.07, 6.45) is 3.62. The van der Waals surface area contributed by atoms with Crippen LogP contribution >= 0.6 is 0 Å². The fourth-order valence-electron chi connectivity index (χ4n) is 1.72. The van der Waals surface area contributed by atoms with Crippen molar-refractivity contribution in [3.05, 3.63) is 35.9 Å². The van der Waals surface area contributed by atoms with Crippen LogP contribution in [0.3, 0.4) is 0 Å². The van der Waals surface area contributed by atoms with Crippen molar-refractivity contribution in [2.75, 3.05) is 19.3 Å². The quantitative estimate of drug-likeness (QED) is 0.851. The Labute approximate surface area is 101 Å². The first kappa shape index (κ1) is 11.7. The Hall–Kier alpha value is -1.75. The monoisotopic (exact) mass is 234 g/mol. The average molecular weight is 234 g/mol. The summed E-state index contributed by atoms with van der Waals surface area (Å²) in [5, 5.41) is 4.15. The number of rotatable bonds is 5. The molecule has 0 bridgehead atoms. The van der Waals surface area contributed by atoms with Crippen molar-refractivity contribution in [3.63, 3.8) is 0 Å². The first-order chi connectivity index (χ1) is 8.15. The predicted molar refractivity (Wildman–Crippen MR) is 66.4 cm³/mol. The molecule has 0 saturated heterocycles. The largest absolute Gasteiger partial charge is 0.469 e. The van der Waals surface area contributed by atoms with Crippen LogP contribution in [0.5, 0.6) is 0 Å². The molecule has 5 heteroatoms. The first-order valence-electron chi connectivity index (χ1n) is 5.65. The molecule has 0 aliphatic carbocycles. The minimum atomic E-state index is 0.568. The summed E-state index contributed by atoms with van der Waals surface area (Å²) in [7, 11) is 2.08. The molecule has 2 aromatic rings. The van der Waals surface area contributed by atoms with Gasteiger partial charge in [-0.3, -0.25) is 4.68 Å². The number of hydrogen-bond donors (Lipinski definition) is 1. The SMILES string of the molecule is Cc1occc1CN(C)CCn1ccc(N)n1. The third-order valence-electron chi connectivity index (χ3n) is 2.78. The van der Waals surface area contributed by atoms with Gasteiger partial charge in [0.1, 0.15) is 11.6 Å². The summed E-state index contributed by atoms with van der Waals surface area (Å²) >= 11 is 0. The van der Waals surface area contributed by atoms with Crippen LogP contribution in [-0.2, 0) is 13.1 Å². The minimum absolute atomic E-state index is 0.568. The summed E-state index contributed by atoms with van der Waals surface area (Å²) < 4.78 is 7.13. The van der Waals surface area contributed by atoms with Gasteiger partial charge in [-0.2, -0.15) is 5.10 Å². The standard InChI is InChI=1S/C12H18N4O/c1-10-11(4-8-17-10)9-15(2)6-7-16-5-3-12(13)14-16/h3-5,8H,6-7,9H2,1-2H3,(H2,13,14). The molecule has 0 radical (unpaired) electrons. The smallest absolute Gasteiger partial charge is 0.145 e. The molecule has 0 spiro atoms. The van der Waals surface area contributed by atoms with E-state index in [-0.39, 0.29) is 0 Å². The molecule has 2 N–H and O–H groups in total. The van der Waals surface area contributed by atoms with Crippen LogP contribution in [0.1, 0.15) is 11.3 Å². The summed E-state index contributed by atoms with van der Waals surface area (Å²) in [6.45, 7) is 4.63. The molecule has 5 nitrogen and oxygen atoms in total. The van der Waals surface area contributed by atoms with Gasteiger partial charge in [-0.05, 0) is 26.1 Å². The molecular weight excluding hydrogens is 216 g/mol. The highest BCUT2D eigenvalue weighted by atomic mass is 16.3. The second-order valence-electron chi connectivity index (χ2n) is 4.24. The molecule has 0 saturated carbocycles. The van der Waals surface area contributed by atoms with Crippen LogP contribution in [-0.4, -0.2) is 28.3 Å². The third kappa shape index (κ3) is 3.10. The van der Waals surface area contributed by atoms with Crippen molar-refractivity contribution in [1.29, 1.82) is 0 Å². The molecule has 92 valence electrons. The maximum absolute atomic E-state index is 5.56. The van der Waals surface area contributed by atoms with E-state index in [2.05, 4.69) is 17.0 Å². The Bertz CT molecular complexity index is 474. The van der Waals surface area contributed by atoms with Crippen molar-refractivity contribution in [3.8, 4) is 0 Å². The van der Waals surface area contributed by atoms with Crippen LogP contribution in [0.15, 0.2) is 29.0 Å². The maximum Gasteiger partial charge on any atom is 0.145 e. The lowest BCUT2D eigenvalue weighted by molar-refractivity contribution is 0.303. The number of hydrogen-bond acceptors (Lipinski definition) is 4. The van der Waals surface area contributed by atoms with Gasteiger partial charge in [0.15, 0.2) is 0 Å². The van der Waals surface area contributed by atoms with E-state index in [0.717, 1.165) is 25.4 Å². The molecule has 0 aliphatic heterocycles. The Kier molecular flexibility index (Phi) is 3.49. The number of nitrogens with two attached hydrogens (primary N) is 1. The predicted octanol–water partition coefficient (Wildman–Crippen LogP) is 1.50. The van der Waals surface area contributed by atoms with Crippen LogP contribution in [0.25, 0.3) is 0 Å². The van der Waals surface area contributed by atoms with E-state index >= 15 is 0 Å². The number of anilines is 1. The van der Waals surface area contributed by atoms with Crippen molar-refractivity contribution in [2.24, 2.45) is 0 Å². The zero-order valence-corrected chi connectivity index (χ0v) is 10.3. The lowest BCUT2D eigenvalue weighted by Gasteiger charge is -2.15. The highest BCUT2D eigenvalue weighted by molar-refractivity contribution is 5.23. The van der Waals surface area contributed by atoms with Crippen molar-refractivity contribution < 1.29 is 4.42 Å². The minimum Gasteiger partial charge on any atom is -0.469 e. The summed E-state index contributed by atoms with van der Waals surface area (Å²) in [5.41, 5.74) is 6.79. The van der Waals surface area contributed by atoms with E-state index < -0.39 is 0 Å². The van der Waals surface area contributed by atoms with Gasteiger partial charge in [0.2, 0.25) is 0 Å². The van der Waals surface area contributed by atoms with E-state index in [0.29, 0.717) is 5.82 Å². The lowest BCUT2D eigenvalue weighted by Crippen LogP contribution is -2.23. The van der Waals surface area contributed by atoms with Crippen molar-refractivity contribution >= 4 is 5.82 Å². The van der Waals surface area contributed by atoms with Crippen LogP contribution < -0.4 is 5.73 Å². The second kappa shape index (κ2) is 5.05. The van der Waals surface area contributed by atoms with Gasteiger partial charge >= 0.3 is 0 Å². The molecule has 17 heavy (non-hydrogen) atoms. The number of aryl methyl sites for hydroxylation is 1. The van der Waals surface area contributed by atoms with E-state index in [1.54, 1.807) is 12.3 Å². The molecule has 2 rings (SSSR count). The molecule has 0 amide bonds. The number of nitrogen functional groups attached to an aromatic ring is 1. The van der Waals surface area contributed by atoms with Gasteiger partial charge in [0.25, 0.3) is 0 Å². The lowest BCUT2D eigenvalue weighted by atomic mass is 10.2. The Morgan fingerprint density at radius 1 is 1.47 bits per heavy atom. The third-order valence-corrected chi connectivity index (χ3v) is 2.78. The van der Waals surface area contributed by atoms with Crippen molar-refractivity contribution in [2.45, 2.75) is 20.0 Å². The zero-order valence-electron chi connectivity index (χ0n) is 10.3. The molecule has 0 unspecified atom stereocenters. The Balaban J connectivity index is 1.82. The molecule has 0 fully saturated rings. The van der Waals surface area contributed by atoms with Gasteiger partial charge in [-0.1, -0.05) is 0 Å². The summed E-state index contributed by atoms with van der Waals surface area (Å²) in [4.78, 5) is 2.23. The van der Waals surface area contributed by atoms with E-state index in [9.17, 15) is 0 Å². The zero-order chi connectivity index (χ0) is 12.3. The average Bonchev–Trinajstić information content (AvgIpc) is 2.86. The van der Waals surface area contributed by atoms with Gasteiger partial charge in [-0.15, -0.1) is 0 Å². The number of furan rings is 1. The van der Waals surface area contributed by atoms with Crippen molar-refractivity contribution in [1.82, 2.24) is 14.7 Å². The number of likely N-dealkylation sites (N-methyl/N-ethyl adjacent to an activating group) is 1. The van der Waals surface area contributed by atoms with E-state index in [1.165, 1.54) is 5.56 Å². The Morgan fingerprint density at radius 2 is 2.29 bits per heavy atom. The van der Waals surface area contributed by atoms with Crippen LogP contribution in [0.4, 0.5) is 5.82 Å². The number of aromatic nitrogens is 2. The first-order valence-corrected chi connectivity index (χ1v) is 5.65. The molecule has 2 aromatic heterocycles. The van der Waals surface area contributed by atoms with Crippen LogP contribution in [0.2, 0.25) is 0 Å². The van der Waals surface area contributed by atoms with Gasteiger partial charge < -0.3 is 15.1 Å². The highest BCUT2D eigenvalue weighted by Gasteiger charge is 2.05. The second-order valence-corrected chi connectivity index (χ2v) is 4.24. The fourth-order valence-corrected chi connectivity index (χ4v) is 1.72. The molecular formula is C12H18N4O. The molecule has 0 atom stereocenters. The highest BCUT2D eigenvalue weighted by Crippen LogP contribution is 2.10. The maximum atomic E-state index is 5.56. The normalized spacial score (nSPS) is 11.2. The topological polar surface area (TPSA) is 60.2 Å². The molecule has 0 aromatic carbocycles. The van der Waals surface area contributed by atoms with E-state index in [4.69, 9.17) is 10.2 Å². The molecule has 2 heterocycles. The molecule has 0 aliphatic rings. The van der Waals surface area contributed by atoms with Gasteiger partial charge in [0.05, 0.1) is 12.8 Å². The Morgan fingerprint density at radius 3 is 2.88 bits per heavy atom. The summed E-state index contributed by atoms with van der Waals surface area (Å²) in [5.74, 6) is 1.55. The van der Waals surface area contributed by atoms with Gasteiger partial charge in [0, 0.05) is 24.8 Å². The van der Waals surface area contributed by atoms with E-state index in [1.807, 2.05) is 23.9 Å². The van der Waals surface area contributed by atoms with Crippen LogP contribution in [0, 0.1) is 6.92 Å². The number of nitrogens with zero attached hydrogens (tertiary/aromatic N) is 3. The van der Waals surface area contributed by atoms with Gasteiger partial charge in [-0.25, -0.2) is 0 Å².